The van der Waals surface area contributed by atoms with Crippen molar-refractivity contribution < 1.29 is 13.9 Å². The van der Waals surface area contributed by atoms with E-state index in [2.05, 4.69) is 10.3 Å². The van der Waals surface area contributed by atoms with Gasteiger partial charge in [0.25, 0.3) is 5.91 Å². The highest BCUT2D eigenvalue weighted by Gasteiger charge is 2.15. The van der Waals surface area contributed by atoms with Gasteiger partial charge in [0.2, 0.25) is 5.89 Å². The molecule has 0 saturated heterocycles. The molecule has 5 nitrogen and oxygen atoms in total. The number of fused-ring (bicyclic) bond motifs is 1. The fourth-order valence-corrected chi connectivity index (χ4v) is 2.69. The molecule has 1 heterocycles. The molecule has 4 rings (SSSR count). The van der Waals surface area contributed by atoms with Gasteiger partial charge < -0.3 is 14.5 Å². The number of benzene rings is 3. The minimum Gasteiger partial charge on any atom is -0.481 e. The summed E-state index contributed by atoms with van der Waals surface area (Å²) in [6, 6.07) is 24.3. The fraction of sp³-hybridized carbons (Fsp3) is 0.0909. The molecule has 0 aliphatic carbocycles. The predicted octanol–water partition coefficient (Wildman–Crippen LogP) is 4.90. The third-order valence-electron chi connectivity index (χ3n) is 4.12. The van der Waals surface area contributed by atoms with E-state index in [1.807, 2.05) is 78.9 Å². The van der Waals surface area contributed by atoms with Crippen molar-refractivity contribution >= 4 is 22.7 Å². The van der Waals surface area contributed by atoms with Gasteiger partial charge in [-0.15, -0.1) is 0 Å². The maximum absolute atomic E-state index is 12.3. The highest BCUT2D eigenvalue weighted by atomic mass is 16.5. The van der Waals surface area contributed by atoms with Crippen LogP contribution in [0.3, 0.4) is 0 Å². The van der Waals surface area contributed by atoms with Gasteiger partial charge in [0, 0.05) is 11.3 Å². The molecule has 0 radical (unpaired) electrons. The highest BCUT2D eigenvalue weighted by molar-refractivity contribution is 5.94. The van der Waals surface area contributed by atoms with Crippen LogP contribution in [0.5, 0.6) is 5.75 Å². The Hall–Kier alpha value is -3.60. The molecule has 27 heavy (non-hydrogen) atoms. The van der Waals surface area contributed by atoms with Gasteiger partial charge in [-0.2, -0.15) is 0 Å². The van der Waals surface area contributed by atoms with Gasteiger partial charge in [0.15, 0.2) is 11.7 Å². The van der Waals surface area contributed by atoms with Crippen LogP contribution in [0.15, 0.2) is 83.3 Å². The van der Waals surface area contributed by atoms with Gasteiger partial charge in [-0.25, -0.2) is 4.98 Å². The molecule has 0 bridgehead atoms. The van der Waals surface area contributed by atoms with Crippen LogP contribution in [-0.2, 0) is 4.79 Å². The van der Waals surface area contributed by atoms with E-state index in [9.17, 15) is 4.79 Å². The molecule has 1 atom stereocenters. The Balaban J connectivity index is 1.43. The van der Waals surface area contributed by atoms with Gasteiger partial charge in [-0.3, -0.25) is 4.79 Å². The Morgan fingerprint density at radius 2 is 1.67 bits per heavy atom. The normalized spacial score (nSPS) is 11.9. The summed E-state index contributed by atoms with van der Waals surface area (Å²) in [5, 5.41) is 2.85. The van der Waals surface area contributed by atoms with Crippen LogP contribution >= 0.6 is 0 Å². The largest absolute Gasteiger partial charge is 0.481 e. The number of para-hydroxylation sites is 3. The summed E-state index contributed by atoms with van der Waals surface area (Å²) in [4.78, 5) is 16.8. The van der Waals surface area contributed by atoms with E-state index in [4.69, 9.17) is 9.15 Å². The van der Waals surface area contributed by atoms with Crippen LogP contribution in [-0.4, -0.2) is 17.0 Å². The minimum absolute atomic E-state index is 0.214. The molecule has 0 saturated carbocycles. The lowest BCUT2D eigenvalue weighted by atomic mass is 10.2. The second kappa shape index (κ2) is 7.33. The zero-order valence-corrected chi connectivity index (χ0v) is 14.8. The number of carbonyl (C=O) groups is 1. The lowest BCUT2D eigenvalue weighted by molar-refractivity contribution is -0.122. The first-order valence-electron chi connectivity index (χ1n) is 8.67. The van der Waals surface area contributed by atoms with Crippen molar-refractivity contribution in [2.24, 2.45) is 0 Å². The van der Waals surface area contributed by atoms with Crippen LogP contribution in [0.2, 0.25) is 0 Å². The highest BCUT2D eigenvalue weighted by Crippen LogP contribution is 2.25. The molecular weight excluding hydrogens is 340 g/mol. The molecular formula is C22H18N2O3. The van der Waals surface area contributed by atoms with Crippen LogP contribution in [0.4, 0.5) is 5.69 Å². The predicted molar refractivity (Wildman–Crippen MR) is 105 cm³/mol. The number of aromatic nitrogens is 1. The standard InChI is InChI=1S/C22H18N2O3/c1-15(26-18-7-3-2-4-8-18)21(25)23-17-13-11-16(12-14-17)22-24-19-9-5-6-10-20(19)27-22/h2-15H,1H3,(H,23,25)/t15-/m0/s1. The lowest BCUT2D eigenvalue weighted by Crippen LogP contribution is -2.30. The Morgan fingerprint density at radius 3 is 2.41 bits per heavy atom. The quantitative estimate of drug-likeness (QED) is 0.551. The second-order valence-electron chi connectivity index (χ2n) is 6.13. The summed E-state index contributed by atoms with van der Waals surface area (Å²) in [7, 11) is 0. The van der Waals surface area contributed by atoms with Crippen LogP contribution < -0.4 is 10.1 Å². The first-order chi connectivity index (χ1) is 13.2. The molecule has 0 unspecified atom stereocenters. The van der Waals surface area contributed by atoms with E-state index in [1.165, 1.54) is 0 Å². The molecule has 1 aromatic heterocycles. The van der Waals surface area contributed by atoms with Crippen LogP contribution in [0.1, 0.15) is 6.92 Å². The van der Waals surface area contributed by atoms with Crippen molar-refractivity contribution in [2.75, 3.05) is 5.32 Å². The van der Waals surface area contributed by atoms with Gasteiger partial charge in [-0.05, 0) is 55.5 Å². The summed E-state index contributed by atoms with van der Waals surface area (Å²) >= 11 is 0. The van der Waals surface area contributed by atoms with E-state index in [-0.39, 0.29) is 5.91 Å². The number of carbonyl (C=O) groups excluding carboxylic acids is 1. The van der Waals surface area contributed by atoms with Gasteiger partial charge in [0.1, 0.15) is 11.3 Å². The first kappa shape index (κ1) is 16.8. The fourth-order valence-electron chi connectivity index (χ4n) is 2.69. The topological polar surface area (TPSA) is 64.4 Å². The summed E-state index contributed by atoms with van der Waals surface area (Å²) in [6.45, 7) is 1.72. The second-order valence-corrected chi connectivity index (χ2v) is 6.13. The number of nitrogens with zero attached hydrogens (tertiary/aromatic N) is 1. The summed E-state index contributed by atoms with van der Waals surface area (Å²) in [5.41, 5.74) is 3.09. The number of anilines is 1. The average molecular weight is 358 g/mol. The van der Waals surface area contributed by atoms with Gasteiger partial charge in [-0.1, -0.05) is 30.3 Å². The van der Waals surface area contributed by atoms with E-state index in [1.54, 1.807) is 6.92 Å². The SMILES string of the molecule is C[C@H](Oc1ccccc1)C(=O)Nc1ccc(-c2nc3ccccc3o2)cc1. The number of oxazole rings is 1. The molecule has 4 aromatic rings. The van der Waals surface area contributed by atoms with E-state index >= 15 is 0 Å². The molecule has 0 fully saturated rings. The maximum Gasteiger partial charge on any atom is 0.265 e. The Morgan fingerprint density at radius 1 is 0.963 bits per heavy atom. The molecule has 3 aromatic carbocycles. The number of hydrogen-bond donors (Lipinski definition) is 1. The van der Waals surface area contributed by atoms with Crippen molar-refractivity contribution in [3.8, 4) is 17.2 Å². The van der Waals surface area contributed by atoms with Crippen LogP contribution in [0, 0.1) is 0 Å². The van der Waals surface area contributed by atoms with Crippen molar-refractivity contribution in [1.29, 1.82) is 0 Å². The Kier molecular flexibility index (Phi) is 4.58. The Bertz CT molecular complexity index is 1020. The van der Waals surface area contributed by atoms with E-state index in [0.29, 0.717) is 17.3 Å². The molecule has 0 aliphatic heterocycles. The van der Waals surface area contributed by atoms with Crippen molar-refractivity contribution in [3.63, 3.8) is 0 Å². The smallest absolute Gasteiger partial charge is 0.265 e. The number of amides is 1. The van der Waals surface area contributed by atoms with Crippen molar-refractivity contribution in [2.45, 2.75) is 13.0 Å². The number of rotatable bonds is 5. The van der Waals surface area contributed by atoms with E-state index < -0.39 is 6.10 Å². The maximum atomic E-state index is 12.3. The van der Waals surface area contributed by atoms with Gasteiger partial charge in [0.05, 0.1) is 0 Å². The Labute approximate surface area is 156 Å². The third-order valence-corrected chi connectivity index (χ3v) is 4.12. The summed E-state index contributed by atoms with van der Waals surface area (Å²) in [5.74, 6) is 0.995. The van der Waals surface area contributed by atoms with Gasteiger partial charge >= 0.3 is 0 Å². The number of ether oxygens (including phenoxy) is 1. The lowest BCUT2D eigenvalue weighted by Gasteiger charge is -2.14. The molecule has 0 aliphatic rings. The third kappa shape index (κ3) is 3.82. The molecule has 5 heteroatoms. The summed E-state index contributed by atoms with van der Waals surface area (Å²) < 4.78 is 11.4. The average Bonchev–Trinajstić information content (AvgIpc) is 3.13. The molecule has 0 spiro atoms. The molecule has 1 amide bonds. The number of nitrogens with one attached hydrogen (secondary N) is 1. The summed E-state index contributed by atoms with van der Waals surface area (Å²) in [6.07, 6.45) is -0.607. The molecule has 134 valence electrons. The monoisotopic (exact) mass is 358 g/mol. The number of hydrogen-bond acceptors (Lipinski definition) is 4. The van der Waals surface area contributed by atoms with Crippen LogP contribution in [0.25, 0.3) is 22.6 Å². The molecule has 1 N–H and O–H groups in total. The van der Waals surface area contributed by atoms with Crippen molar-refractivity contribution in [3.05, 3.63) is 78.9 Å². The zero-order chi connectivity index (χ0) is 18.6. The zero-order valence-electron chi connectivity index (χ0n) is 14.8. The minimum atomic E-state index is -0.607. The first-order valence-corrected chi connectivity index (χ1v) is 8.67. The van der Waals surface area contributed by atoms with E-state index in [0.717, 1.165) is 16.7 Å². The van der Waals surface area contributed by atoms with Crippen molar-refractivity contribution in [1.82, 2.24) is 4.98 Å².